The molecule has 3 rings (SSSR count). The monoisotopic (exact) mass is 323 g/mol. The van der Waals surface area contributed by atoms with Gasteiger partial charge in [-0.05, 0) is 55.2 Å². The fraction of sp³-hybridized carbons (Fsp3) is 0.316. The standard InChI is InChI=1S/C19H21N3O2/c23-18-6-3-13-22(18)17-9-7-16(8-10-17)19(24)21-12-2-5-15-4-1-11-20-14-15/h1,4,7-11,14H,2-3,5-6,12-13H2,(H,21,24). The third-order valence-electron chi connectivity index (χ3n) is 4.17. The summed E-state index contributed by atoms with van der Waals surface area (Å²) in [4.78, 5) is 29.7. The fourth-order valence-corrected chi connectivity index (χ4v) is 2.86. The van der Waals surface area contributed by atoms with Crippen LogP contribution in [0, 0.1) is 0 Å². The van der Waals surface area contributed by atoms with Gasteiger partial charge in [-0.3, -0.25) is 14.6 Å². The van der Waals surface area contributed by atoms with E-state index in [1.165, 1.54) is 5.56 Å². The second kappa shape index (κ2) is 7.73. The Labute approximate surface area is 141 Å². The lowest BCUT2D eigenvalue weighted by Crippen LogP contribution is -2.25. The van der Waals surface area contributed by atoms with Gasteiger partial charge in [0, 0.05) is 43.2 Å². The van der Waals surface area contributed by atoms with E-state index in [9.17, 15) is 9.59 Å². The van der Waals surface area contributed by atoms with Crippen LogP contribution < -0.4 is 10.2 Å². The molecular weight excluding hydrogens is 302 g/mol. The van der Waals surface area contributed by atoms with Gasteiger partial charge in [0.1, 0.15) is 0 Å². The Morgan fingerprint density at radius 3 is 2.71 bits per heavy atom. The van der Waals surface area contributed by atoms with Crippen LogP contribution in [0.5, 0.6) is 0 Å². The van der Waals surface area contributed by atoms with E-state index in [2.05, 4.69) is 10.3 Å². The number of anilines is 1. The van der Waals surface area contributed by atoms with Crippen LogP contribution in [0.3, 0.4) is 0 Å². The van der Waals surface area contributed by atoms with Crippen LogP contribution in [-0.2, 0) is 11.2 Å². The molecule has 1 aromatic carbocycles. The molecule has 0 bridgehead atoms. The first-order chi connectivity index (χ1) is 11.7. The van der Waals surface area contributed by atoms with Gasteiger partial charge in [-0.15, -0.1) is 0 Å². The predicted octanol–water partition coefficient (Wildman–Crippen LogP) is 2.57. The predicted molar refractivity (Wildman–Crippen MR) is 92.9 cm³/mol. The second-order valence-corrected chi connectivity index (χ2v) is 5.92. The van der Waals surface area contributed by atoms with Crippen molar-refractivity contribution < 1.29 is 9.59 Å². The van der Waals surface area contributed by atoms with Crippen molar-refractivity contribution in [3.63, 3.8) is 0 Å². The first-order valence-corrected chi connectivity index (χ1v) is 8.31. The molecule has 2 amide bonds. The summed E-state index contributed by atoms with van der Waals surface area (Å²) in [6.07, 6.45) is 6.88. The number of aryl methyl sites for hydroxylation is 1. The van der Waals surface area contributed by atoms with Gasteiger partial charge < -0.3 is 10.2 Å². The van der Waals surface area contributed by atoms with Crippen molar-refractivity contribution in [3.8, 4) is 0 Å². The Hall–Kier alpha value is -2.69. The molecule has 24 heavy (non-hydrogen) atoms. The van der Waals surface area contributed by atoms with Crippen LogP contribution in [-0.4, -0.2) is 29.9 Å². The van der Waals surface area contributed by atoms with Crippen molar-refractivity contribution in [1.82, 2.24) is 10.3 Å². The van der Waals surface area contributed by atoms with Crippen LogP contribution in [0.25, 0.3) is 0 Å². The number of aromatic nitrogens is 1. The summed E-state index contributed by atoms with van der Waals surface area (Å²) in [7, 11) is 0. The smallest absolute Gasteiger partial charge is 0.251 e. The SMILES string of the molecule is O=C(NCCCc1cccnc1)c1ccc(N2CCCC2=O)cc1. The normalized spacial score (nSPS) is 14.0. The average molecular weight is 323 g/mol. The van der Waals surface area contributed by atoms with Gasteiger partial charge in [0.15, 0.2) is 0 Å². The van der Waals surface area contributed by atoms with Crippen molar-refractivity contribution in [2.45, 2.75) is 25.7 Å². The number of nitrogens with zero attached hydrogens (tertiary/aromatic N) is 2. The van der Waals surface area contributed by atoms with E-state index in [-0.39, 0.29) is 11.8 Å². The minimum Gasteiger partial charge on any atom is -0.352 e. The van der Waals surface area contributed by atoms with E-state index in [0.717, 1.165) is 31.5 Å². The number of amides is 2. The van der Waals surface area contributed by atoms with Gasteiger partial charge in [0.2, 0.25) is 5.91 Å². The van der Waals surface area contributed by atoms with Crippen LogP contribution in [0.1, 0.15) is 35.2 Å². The fourth-order valence-electron chi connectivity index (χ4n) is 2.86. The van der Waals surface area contributed by atoms with Gasteiger partial charge in [-0.2, -0.15) is 0 Å². The molecule has 1 aliphatic heterocycles. The zero-order valence-corrected chi connectivity index (χ0v) is 13.6. The zero-order valence-electron chi connectivity index (χ0n) is 13.6. The Morgan fingerprint density at radius 1 is 1.21 bits per heavy atom. The number of hydrogen-bond donors (Lipinski definition) is 1. The molecule has 1 N–H and O–H groups in total. The van der Waals surface area contributed by atoms with Gasteiger partial charge in [-0.25, -0.2) is 0 Å². The third kappa shape index (κ3) is 3.98. The molecule has 5 nitrogen and oxygen atoms in total. The third-order valence-corrected chi connectivity index (χ3v) is 4.17. The maximum Gasteiger partial charge on any atom is 0.251 e. The Kier molecular flexibility index (Phi) is 5.21. The summed E-state index contributed by atoms with van der Waals surface area (Å²) in [5, 5.41) is 2.93. The molecule has 124 valence electrons. The molecular formula is C19H21N3O2. The highest BCUT2D eigenvalue weighted by Crippen LogP contribution is 2.21. The lowest BCUT2D eigenvalue weighted by atomic mass is 10.1. The van der Waals surface area contributed by atoms with Crippen LogP contribution in [0.4, 0.5) is 5.69 Å². The van der Waals surface area contributed by atoms with E-state index in [1.807, 2.05) is 30.5 Å². The van der Waals surface area contributed by atoms with Gasteiger partial charge in [0.25, 0.3) is 5.91 Å². The molecule has 0 radical (unpaired) electrons. The Balaban J connectivity index is 1.47. The van der Waals surface area contributed by atoms with E-state index in [0.29, 0.717) is 18.5 Å². The lowest BCUT2D eigenvalue weighted by molar-refractivity contribution is -0.117. The van der Waals surface area contributed by atoms with Crippen molar-refractivity contribution in [2.24, 2.45) is 0 Å². The molecule has 2 aromatic rings. The van der Waals surface area contributed by atoms with Crippen LogP contribution in [0.15, 0.2) is 48.8 Å². The summed E-state index contributed by atoms with van der Waals surface area (Å²) in [5.74, 6) is 0.0723. The highest BCUT2D eigenvalue weighted by molar-refractivity contribution is 5.97. The van der Waals surface area contributed by atoms with E-state index in [4.69, 9.17) is 0 Å². The van der Waals surface area contributed by atoms with Crippen molar-refractivity contribution in [1.29, 1.82) is 0 Å². The zero-order chi connectivity index (χ0) is 16.8. The topological polar surface area (TPSA) is 62.3 Å². The molecule has 1 saturated heterocycles. The molecule has 0 spiro atoms. The first-order valence-electron chi connectivity index (χ1n) is 8.31. The average Bonchev–Trinajstić information content (AvgIpc) is 3.05. The molecule has 0 saturated carbocycles. The summed E-state index contributed by atoms with van der Waals surface area (Å²) in [5.41, 5.74) is 2.66. The molecule has 0 unspecified atom stereocenters. The van der Waals surface area contributed by atoms with Crippen molar-refractivity contribution in [2.75, 3.05) is 18.0 Å². The van der Waals surface area contributed by atoms with Gasteiger partial charge in [-0.1, -0.05) is 6.07 Å². The van der Waals surface area contributed by atoms with Crippen LogP contribution >= 0.6 is 0 Å². The number of rotatable bonds is 6. The highest BCUT2D eigenvalue weighted by Gasteiger charge is 2.21. The number of nitrogens with one attached hydrogen (secondary N) is 1. The van der Waals surface area contributed by atoms with E-state index >= 15 is 0 Å². The quantitative estimate of drug-likeness (QED) is 0.831. The number of benzene rings is 1. The second-order valence-electron chi connectivity index (χ2n) is 5.92. The number of pyridine rings is 1. The summed E-state index contributed by atoms with van der Waals surface area (Å²) in [6.45, 7) is 1.39. The summed E-state index contributed by atoms with van der Waals surface area (Å²) < 4.78 is 0. The summed E-state index contributed by atoms with van der Waals surface area (Å²) in [6, 6.07) is 11.2. The molecule has 1 aliphatic rings. The molecule has 5 heteroatoms. The lowest BCUT2D eigenvalue weighted by Gasteiger charge is -2.15. The molecule has 0 atom stereocenters. The van der Waals surface area contributed by atoms with E-state index in [1.54, 1.807) is 23.2 Å². The Morgan fingerprint density at radius 2 is 2.04 bits per heavy atom. The largest absolute Gasteiger partial charge is 0.352 e. The first kappa shape index (κ1) is 16.2. The summed E-state index contributed by atoms with van der Waals surface area (Å²) >= 11 is 0. The highest BCUT2D eigenvalue weighted by atomic mass is 16.2. The van der Waals surface area contributed by atoms with Crippen molar-refractivity contribution in [3.05, 3.63) is 59.9 Å². The minimum atomic E-state index is -0.0829. The number of hydrogen-bond acceptors (Lipinski definition) is 3. The van der Waals surface area contributed by atoms with Gasteiger partial charge in [0.05, 0.1) is 0 Å². The van der Waals surface area contributed by atoms with E-state index < -0.39 is 0 Å². The maximum absolute atomic E-state index is 12.1. The molecule has 2 heterocycles. The molecule has 1 fully saturated rings. The maximum atomic E-state index is 12.1. The Bertz CT molecular complexity index is 698. The van der Waals surface area contributed by atoms with Crippen molar-refractivity contribution >= 4 is 17.5 Å². The molecule has 0 aliphatic carbocycles. The van der Waals surface area contributed by atoms with Gasteiger partial charge >= 0.3 is 0 Å². The van der Waals surface area contributed by atoms with Crippen LogP contribution in [0.2, 0.25) is 0 Å². The number of carbonyl (C=O) groups is 2. The minimum absolute atomic E-state index is 0.0829. The number of carbonyl (C=O) groups excluding carboxylic acids is 2. The molecule has 1 aromatic heterocycles.